The summed E-state index contributed by atoms with van der Waals surface area (Å²) in [5, 5.41) is 5.48. The van der Waals surface area contributed by atoms with Gasteiger partial charge in [0.2, 0.25) is 0 Å². The van der Waals surface area contributed by atoms with Crippen LogP contribution in [0, 0.1) is 42.5 Å². The number of hydrogen-bond acceptors (Lipinski definition) is 0. The number of benzene rings is 4. The first-order chi connectivity index (χ1) is 18.8. The molecule has 2 radical (unpaired) electrons. The van der Waals surface area contributed by atoms with Crippen LogP contribution in [0.1, 0.15) is 47.6 Å². The van der Waals surface area contributed by atoms with E-state index in [-0.39, 0.29) is 14.9 Å². The molecule has 210 valence electrons. The molecule has 6 aromatic rings. The molecular weight excluding hydrogens is 588 g/mol. The Balaban J connectivity index is 0.000000259. The Hall–Kier alpha value is -2.80. The van der Waals surface area contributed by atoms with Crippen molar-refractivity contribution in [3.63, 3.8) is 0 Å². The molecule has 0 unspecified atom stereocenters. The molecule has 2 heteroatoms. The standard InChI is InChI=1S/C19H19.C18H17.2CH3.Si.Zr/c1-12-5-6-14(3)17(9-12)16-8-7-15(4)18-10-13(2)11-19(16)18;1-13(2)16-11-15-9-6-10-17(18(15)12-16)14-7-4-3-5-8-14;;;;/h5-11H,1-4H3;3-13H,1-2H3;2*1H3;;/q4*-1;;. The van der Waals surface area contributed by atoms with E-state index in [2.05, 4.69) is 152 Å². The van der Waals surface area contributed by atoms with Crippen molar-refractivity contribution in [1.29, 1.82) is 0 Å². The first-order valence-electron chi connectivity index (χ1n) is 13.6. The van der Waals surface area contributed by atoms with E-state index < -0.39 is 0 Å². The van der Waals surface area contributed by atoms with Crippen LogP contribution in [-0.4, -0.2) is 6.88 Å². The minimum absolute atomic E-state index is 0. The van der Waals surface area contributed by atoms with Gasteiger partial charge in [0.1, 0.15) is 0 Å². The average molecular weight is 630 g/mol. The second-order valence-corrected chi connectivity index (χ2v) is 10.7. The van der Waals surface area contributed by atoms with E-state index >= 15 is 0 Å². The Morgan fingerprint density at radius 1 is 0.610 bits per heavy atom. The Morgan fingerprint density at radius 3 is 1.98 bits per heavy atom. The zero-order valence-corrected chi connectivity index (χ0v) is 29.4. The van der Waals surface area contributed by atoms with Gasteiger partial charge in [-0.15, -0.1) is 68.6 Å². The van der Waals surface area contributed by atoms with Gasteiger partial charge in [-0.05, 0) is 36.5 Å². The molecule has 0 fully saturated rings. The van der Waals surface area contributed by atoms with Gasteiger partial charge in [0.25, 0.3) is 0 Å². The van der Waals surface area contributed by atoms with Crippen LogP contribution in [0.5, 0.6) is 0 Å². The first-order valence-corrected chi connectivity index (χ1v) is 17.7. The molecular formula is C39H42SiZr-4. The molecule has 0 aliphatic carbocycles. The van der Waals surface area contributed by atoms with Gasteiger partial charge in [-0.1, -0.05) is 105 Å². The molecule has 0 atom stereocenters. The van der Waals surface area contributed by atoms with Gasteiger partial charge >= 0.3 is 30.2 Å². The van der Waals surface area contributed by atoms with Crippen molar-refractivity contribution < 1.29 is 23.3 Å². The molecule has 0 spiro atoms. The second-order valence-electron chi connectivity index (χ2n) is 10.7. The summed E-state index contributed by atoms with van der Waals surface area (Å²) >= 11 is 1.36. The number of aryl methyl sites for hydroxylation is 4. The van der Waals surface area contributed by atoms with Crippen molar-refractivity contribution >= 4 is 28.4 Å². The number of rotatable bonds is 3. The quantitative estimate of drug-likeness (QED) is 0.135. The van der Waals surface area contributed by atoms with E-state index in [0.29, 0.717) is 5.92 Å². The molecule has 0 heterocycles. The van der Waals surface area contributed by atoms with Gasteiger partial charge in [-0.25, -0.2) is 0 Å². The maximum absolute atomic E-state index is 3.06. The van der Waals surface area contributed by atoms with Crippen molar-refractivity contribution in [2.75, 3.05) is 0 Å². The Labute approximate surface area is 265 Å². The summed E-state index contributed by atoms with van der Waals surface area (Å²) < 4.78 is 0. The van der Waals surface area contributed by atoms with Gasteiger partial charge in [-0.3, -0.25) is 0 Å². The molecule has 0 N–H and O–H groups in total. The van der Waals surface area contributed by atoms with Crippen LogP contribution in [0.25, 0.3) is 43.8 Å². The molecule has 0 amide bonds. The van der Waals surface area contributed by atoms with Crippen molar-refractivity contribution in [1.82, 2.24) is 0 Å². The summed E-state index contributed by atoms with van der Waals surface area (Å²) in [4.78, 5) is 0. The summed E-state index contributed by atoms with van der Waals surface area (Å²) in [6, 6.07) is 37.6. The molecule has 0 nitrogen and oxygen atoms in total. The third kappa shape index (κ3) is 7.73. The summed E-state index contributed by atoms with van der Waals surface area (Å²) in [6.07, 6.45) is 0. The molecule has 6 aromatic carbocycles. The Morgan fingerprint density at radius 2 is 1.29 bits per heavy atom. The normalized spacial score (nSPS) is 10.2. The minimum atomic E-state index is 0. The van der Waals surface area contributed by atoms with Crippen molar-refractivity contribution in [2.24, 2.45) is 0 Å². The molecule has 0 saturated carbocycles. The van der Waals surface area contributed by atoms with E-state index in [1.54, 1.807) is 0 Å². The SMILES string of the molecule is CC(C)c1cc2c(-c3ccccc3)cccc2[cH-]1.Cc1ccc(C)c(-c2ccc(C)c3[cH-]c(C)cc23)c1.[CH3-].[CH3-].[Si]=[Zr]. The maximum atomic E-state index is 3.06. The van der Waals surface area contributed by atoms with E-state index in [4.69, 9.17) is 0 Å². The molecule has 41 heavy (non-hydrogen) atoms. The first kappa shape index (κ1) is 34.4. The molecule has 0 bridgehead atoms. The van der Waals surface area contributed by atoms with Crippen LogP contribution < -0.4 is 0 Å². The Kier molecular flexibility index (Phi) is 13.0. The molecule has 0 aliphatic rings. The summed E-state index contributed by atoms with van der Waals surface area (Å²) in [6.45, 7) is 16.3. The van der Waals surface area contributed by atoms with E-state index in [1.807, 2.05) is 0 Å². The van der Waals surface area contributed by atoms with Gasteiger partial charge in [0.15, 0.2) is 0 Å². The van der Waals surface area contributed by atoms with Crippen LogP contribution in [-0.2, 0) is 23.3 Å². The third-order valence-electron chi connectivity index (χ3n) is 7.46. The van der Waals surface area contributed by atoms with Crippen molar-refractivity contribution in [3.05, 3.63) is 146 Å². The predicted molar refractivity (Wildman–Crippen MR) is 182 cm³/mol. The zero-order chi connectivity index (χ0) is 28.1. The van der Waals surface area contributed by atoms with Crippen molar-refractivity contribution in [2.45, 2.75) is 47.5 Å². The van der Waals surface area contributed by atoms with Crippen molar-refractivity contribution in [3.8, 4) is 22.3 Å². The third-order valence-corrected chi connectivity index (χ3v) is 7.46. The number of hydrogen-bond donors (Lipinski definition) is 0. The van der Waals surface area contributed by atoms with E-state index in [0.717, 1.165) is 0 Å². The van der Waals surface area contributed by atoms with Crippen LogP contribution in [0.3, 0.4) is 0 Å². The number of fused-ring (bicyclic) bond motifs is 2. The monoisotopic (exact) mass is 628 g/mol. The molecule has 0 aromatic heterocycles. The summed E-state index contributed by atoms with van der Waals surface area (Å²) in [7, 11) is 0. The topological polar surface area (TPSA) is 0 Å². The second kappa shape index (κ2) is 15.4. The van der Waals surface area contributed by atoms with E-state index in [1.165, 1.54) is 95.0 Å². The zero-order valence-electron chi connectivity index (χ0n) is 25.9. The molecule has 0 aliphatic heterocycles. The summed E-state index contributed by atoms with van der Waals surface area (Å²) in [5.41, 5.74) is 12.1. The van der Waals surface area contributed by atoms with E-state index in [9.17, 15) is 0 Å². The van der Waals surface area contributed by atoms with Gasteiger partial charge in [0, 0.05) is 0 Å². The molecule has 0 saturated heterocycles. The van der Waals surface area contributed by atoms with Crippen LogP contribution in [0.15, 0.2) is 103 Å². The van der Waals surface area contributed by atoms with Gasteiger partial charge < -0.3 is 14.9 Å². The van der Waals surface area contributed by atoms with Crippen LogP contribution >= 0.6 is 0 Å². The van der Waals surface area contributed by atoms with Gasteiger partial charge in [-0.2, -0.15) is 12.1 Å². The summed E-state index contributed by atoms with van der Waals surface area (Å²) in [5.74, 6) is 0.584. The fourth-order valence-electron chi connectivity index (χ4n) is 5.31. The van der Waals surface area contributed by atoms with Gasteiger partial charge in [0.05, 0.1) is 0 Å². The average Bonchev–Trinajstić information content (AvgIpc) is 3.57. The predicted octanol–water partition coefficient (Wildman–Crippen LogP) is 11.3. The van der Waals surface area contributed by atoms with Crippen LogP contribution in [0.4, 0.5) is 0 Å². The fraction of sp³-hybridized carbons (Fsp3) is 0.179. The Bertz CT molecular complexity index is 1700. The molecule has 6 rings (SSSR count). The fourth-order valence-corrected chi connectivity index (χ4v) is 5.31. The van der Waals surface area contributed by atoms with Crippen LogP contribution in [0.2, 0.25) is 0 Å².